The van der Waals surface area contributed by atoms with Gasteiger partial charge in [-0.2, -0.15) is 0 Å². The van der Waals surface area contributed by atoms with Crippen molar-refractivity contribution in [3.05, 3.63) is 22.4 Å². The fourth-order valence-electron chi connectivity index (χ4n) is 1.70. The van der Waals surface area contributed by atoms with E-state index in [-0.39, 0.29) is 11.8 Å². The number of amides is 1. The summed E-state index contributed by atoms with van der Waals surface area (Å²) in [6.07, 6.45) is 4.26. The van der Waals surface area contributed by atoms with E-state index in [2.05, 4.69) is 25.2 Å². The molecule has 1 N–H and O–H groups in total. The molecule has 0 spiro atoms. The maximum Gasteiger partial charge on any atom is 0.223 e. The van der Waals surface area contributed by atoms with E-state index in [0.29, 0.717) is 6.54 Å². The molecule has 90 valence electrons. The standard InChI is InChI=1S/C13H21NOS/c1-3-5-7-11(4-2)13(15)14-10-12-8-6-9-16-12/h6,8-9,11H,3-5,7,10H2,1-2H3,(H,14,15)/t11-/m1/s1. The van der Waals surface area contributed by atoms with Crippen molar-refractivity contribution >= 4 is 17.2 Å². The Labute approximate surface area is 102 Å². The van der Waals surface area contributed by atoms with E-state index in [9.17, 15) is 4.79 Å². The fraction of sp³-hybridized carbons (Fsp3) is 0.615. The average molecular weight is 239 g/mol. The molecule has 0 radical (unpaired) electrons. The Kier molecular flexibility index (Phi) is 6.16. The van der Waals surface area contributed by atoms with Crippen LogP contribution >= 0.6 is 11.3 Å². The van der Waals surface area contributed by atoms with Crippen LogP contribution in [0.1, 0.15) is 44.4 Å². The van der Waals surface area contributed by atoms with Gasteiger partial charge in [-0.3, -0.25) is 4.79 Å². The number of nitrogens with one attached hydrogen (secondary N) is 1. The van der Waals surface area contributed by atoms with Gasteiger partial charge in [0.2, 0.25) is 5.91 Å². The molecule has 3 heteroatoms. The summed E-state index contributed by atoms with van der Waals surface area (Å²) in [6.45, 7) is 4.93. The molecule has 1 atom stereocenters. The molecule has 16 heavy (non-hydrogen) atoms. The number of rotatable bonds is 7. The Morgan fingerprint density at radius 1 is 1.50 bits per heavy atom. The lowest BCUT2D eigenvalue weighted by molar-refractivity contribution is -0.125. The van der Waals surface area contributed by atoms with Crippen molar-refractivity contribution in [3.8, 4) is 0 Å². The Hall–Kier alpha value is -0.830. The Bertz CT molecular complexity index is 295. The minimum Gasteiger partial charge on any atom is -0.351 e. The third kappa shape index (κ3) is 4.35. The molecule has 0 aliphatic carbocycles. The largest absolute Gasteiger partial charge is 0.351 e. The SMILES string of the molecule is CCCC[C@@H](CC)C(=O)NCc1cccs1. The van der Waals surface area contributed by atoms with Crippen LogP contribution in [-0.2, 0) is 11.3 Å². The lowest BCUT2D eigenvalue weighted by atomic mass is 9.98. The van der Waals surface area contributed by atoms with E-state index in [1.54, 1.807) is 11.3 Å². The number of hydrogen-bond donors (Lipinski definition) is 1. The van der Waals surface area contributed by atoms with Crippen molar-refractivity contribution in [2.75, 3.05) is 0 Å². The Morgan fingerprint density at radius 2 is 2.31 bits per heavy atom. The fourth-order valence-corrected chi connectivity index (χ4v) is 2.35. The maximum absolute atomic E-state index is 11.9. The molecule has 0 unspecified atom stereocenters. The molecule has 1 rings (SSSR count). The van der Waals surface area contributed by atoms with Gasteiger partial charge in [0.05, 0.1) is 6.54 Å². The molecule has 0 aliphatic heterocycles. The average Bonchev–Trinajstić information content (AvgIpc) is 2.80. The predicted octanol–water partition coefficient (Wildman–Crippen LogP) is 3.58. The monoisotopic (exact) mass is 239 g/mol. The molecule has 0 aromatic carbocycles. The Balaban J connectivity index is 2.31. The van der Waals surface area contributed by atoms with Gasteiger partial charge in [0.25, 0.3) is 0 Å². The van der Waals surface area contributed by atoms with Gasteiger partial charge in [-0.1, -0.05) is 32.8 Å². The van der Waals surface area contributed by atoms with E-state index in [1.807, 2.05) is 11.4 Å². The summed E-state index contributed by atoms with van der Waals surface area (Å²) >= 11 is 1.69. The van der Waals surface area contributed by atoms with E-state index in [1.165, 1.54) is 4.88 Å². The zero-order chi connectivity index (χ0) is 11.8. The molecular formula is C13H21NOS. The first-order valence-electron chi connectivity index (χ1n) is 6.08. The summed E-state index contributed by atoms with van der Waals surface area (Å²) in [5, 5.41) is 5.05. The molecule has 1 heterocycles. The maximum atomic E-state index is 11.9. The van der Waals surface area contributed by atoms with E-state index in [0.717, 1.165) is 25.7 Å². The van der Waals surface area contributed by atoms with Crippen LogP contribution in [0, 0.1) is 5.92 Å². The Morgan fingerprint density at radius 3 is 2.88 bits per heavy atom. The first-order valence-corrected chi connectivity index (χ1v) is 6.96. The van der Waals surface area contributed by atoms with Gasteiger partial charge in [0.15, 0.2) is 0 Å². The van der Waals surface area contributed by atoms with Crippen LogP contribution in [0.25, 0.3) is 0 Å². The van der Waals surface area contributed by atoms with Gasteiger partial charge in [-0.25, -0.2) is 0 Å². The molecule has 1 aromatic rings. The molecular weight excluding hydrogens is 218 g/mol. The van der Waals surface area contributed by atoms with E-state index >= 15 is 0 Å². The number of thiophene rings is 1. The molecule has 1 aromatic heterocycles. The highest BCUT2D eigenvalue weighted by Crippen LogP contribution is 2.13. The molecule has 0 saturated carbocycles. The zero-order valence-electron chi connectivity index (χ0n) is 10.2. The van der Waals surface area contributed by atoms with Crippen molar-refractivity contribution in [3.63, 3.8) is 0 Å². The molecule has 2 nitrogen and oxygen atoms in total. The van der Waals surface area contributed by atoms with Gasteiger partial charge in [0, 0.05) is 10.8 Å². The summed E-state index contributed by atoms with van der Waals surface area (Å²) in [4.78, 5) is 13.1. The molecule has 0 fully saturated rings. The zero-order valence-corrected chi connectivity index (χ0v) is 11.0. The summed E-state index contributed by atoms with van der Waals surface area (Å²) in [7, 11) is 0. The van der Waals surface area contributed by atoms with Crippen LogP contribution in [0.15, 0.2) is 17.5 Å². The first-order chi connectivity index (χ1) is 7.77. The summed E-state index contributed by atoms with van der Waals surface area (Å²) < 4.78 is 0. The van der Waals surface area contributed by atoms with Gasteiger partial charge in [-0.05, 0) is 24.3 Å². The smallest absolute Gasteiger partial charge is 0.223 e. The topological polar surface area (TPSA) is 29.1 Å². The van der Waals surface area contributed by atoms with Crippen molar-refractivity contribution in [2.45, 2.75) is 46.1 Å². The minimum absolute atomic E-state index is 0.194. The van der Waals surface area contributed by atoms with Crippen molar-refractivity contribution < 1.29 is 4.79 Å². The third-order valence-electron chi connectivity index (χ3n) is 2.79. The highest BCUT2D eigenvalue weighted by molar-refractivity contribution is 7.09. The molecule has 0 bridgehead atoms. The molecule has 1 amide bonds. The lowest BCUT2D eigenvalue weighted by Gasteiger charge is -2.13. The quantitative estimate of drug-likeness (QED) is 0.774. The van der Waals surface area contributed by atoms with Crippen molar-refractivity contribution in [2.24, 2.45) is 5.92 Å². The van der Waals surface area contributed by atoms with Crippen LogP contribution in [0.5, 0.6) is 0 Å². The highest BCUT2D eigenvalue weighted by atomic mass is 32.1. The van der Waals surface area contributed by atoms with Crippen LogP contribution in [0.2, 0.25) is 0 Å². The first kappa shape index (κ1) is 13.2. The van der Waals surface area contributed by atoms with Gasteiger partial charge in [0.1, 0.15) is 0 Å². The van der Waals surface area contributed by atoms with Gasteiger partial charge in [-0.15, -0.1) is 11.3 Å². The molecule has 0 aliphatic rings. The molecule has 0 saturated heterocycles. The third-order valence-corrected chi connectivity index (χ3v) is 3.66. The van der Waals surface area contributed by atoms with Crippen LogP contribution in [-0.4, -0.2) is 5.91 Å². The van der Waals surface area contributed by atoms with Crippen molar-refractivity contribution in [1.29, 1.82) is 0 Å². The number of carbonyl (C=O) groups is 1. The van der Waals surface area contributed by atoms with Gasteiger partial charge < -0.3 is 5.32 Å². The minimum atomic E-state index is 0.194. The second kappa shape index (κ2) is 7.44. The van der Waals surface area contributed by atoms with Gasteiger partial charge >= 0.3 is 0 Å². The number of hydrogen-bond acceptors (Lipinski definition) is 2. The van der Waals surface area contributed by atoms with Crippen LogP contribution < -0.4 is 5.32 Å². The normalized spacial score (nSPS) is 12.4. The van der Waals surface area contributed by atoms with Crippen LogP contribution in [0.4, 0.5) is 0 Å². The highest BCUT2D eigenvalue weighted by Gasteiger charge is 2.15. The van der Waals surface area contributed by atoms with Crippen LogP contribution in [0.3, 0.4) is 0 Å². The van der Waals surface area contributed by atoms with E-state index in [4.69, 9.17) is 0 Å². The summed E-state index contributed by atoms with van der Waals surface area (Å²) in [5.74, 6) is 0.407. The summed E-state index contributed by atoms with van der Waals surface area (Å²) in [6, 6.07) is 4.07. The van der Waals surface area contributed by atoms with Crippen molar-refractivity contribution in [1.82, 2.24) is 5.32 Å². The van der Waals surface area contributed by atoms with E-state index < -0.39 is 0 Å². The second-order valence-electron chi connectivity index (χ2n) is 4.04. The number of unbranched alkanes of at least 4 members (excludes halogenated alkanes) is 1. The lowest BCUT2D eigenvalue weighted by Crippen LogP contribution is -2.29. The summed E-state index contributed by atoms with van der Waals surface area (Å²) in [5.41, 5.74) is 0. The predicted molar refractivity (Wildman–Crippen MR) is 69.5 cm³/mol. The second-order valence-corrected chi connectivity index (χ2v) is 5.08. The number of carbonyl (C=O) groups excluding carboxylic acids is 1.